The zero-order chi connectivity index (χ0) is 23.9. The number of ether oxygens (including phenoxy) is 2. The van der Waals surface area contributed by atoms with Gasteiger partial charge < -0.3 is 26.7 Å². The van der Waals surface area contributed by atoms with Gasteiger partial charge in [0.05, 0.1) is 18.4 Å². The van der Waals surface area contributed by atoms with Crippen molar-refractivity contribution in [2.45, 2.75) is 32.8 Å². The molecule has 0 fully saturated rings. The lowest BCUT2D eigenvalue weighted by Gasteiger charge is -2.21. The number of halogens is 1. The molecule has 0 aliphatic heterocycles. The molecule has 0 atom stereocenters. The standard InChI is InChI=1S/C24H32ClN5O2/c1-15-10-19(18(13-26)14-29-9-8-24(2,3)32-5)22(30-23(15)25)17-7-6-16(20(27)11-17)12-21(28)31-4/h6-7,10-14H,8-9,26-28H2,1-5H3/b18-13+,21-12+,29-14?. The average Bonchev–Trinajstić information content (AvgIpc) is 2.77. The van der Waals surface area contributed by atoms with Crippen molar-refractivity contribution in [3.8, 4) is 11.3 Å². The largest absolute Gasteiger partial charge is 0.483 e. The molecule has 1 aromatic carbocycles. The van der Waals surface area contributed by atoms with E-state index in [0.717, 1.165) is 34.2 Å². The number of nitrogens with two attached hydrogens (primary N) is 3. The van der Waals surface area contributed by atoms with Gasteiger partial charge in [0, 0.05) is 60.1 Å². The summed E-state index contributed by atoms with van der Waals surface area (Å²) in [6.07, 6.45) is 5.70. The maximum atomic E-state index is 6.35. The van der Waals surface area contributed by atoms with Gasteiger partial charge in [-0.15, -0.1) is 0 Å². The molecule has 172 valence electrons. The maximum Gasteiger partial charge on any atom is 0.184 e. The van der Waals surface area contributed by atoms with Gasteiger partial charge >= 0.3 is 0 Å². The van der Waals surface area contributed by atoms with Crippen LogP contribution in [0.3, 0.4) is 0 Å². The van der Waals surface area contributed by atoms with Crippen LogP contribution in [0, 0.1) is 6.92 Å². The normalized spacial score (nSPS) is 13.1. The molecule has 0 radical (unpaired) electrons. The number of aliphatic imine (C=N–C) groups is 1. The van der Waals surface area contributed by atoms with Gasteiger partial charge in [0.15, 0.2) is 5.88 Å². The molecular formula is C24H32ClN5O2. The predicted octanol–water partition coefficient (Wildman–Crippen LogP) is 4.38. The number of anilines is 1. The van der Waals surface area contributed by atoms with E-state index < -0.39 is 0 Å². The van der Waals surface area contributed by atoms with Crippen LogP contribution in [0.1, 0.15) is 37.0 Å². The Labute approximate surface area is 195 Å². The first-order chi connectivity index (χ1) is 15.1. The van der Waals surface area contributed by atoms with E-state index in [-0.39, 0.29) is 11.5 Å². The first-order valence-corrected chi connectivity index (χ1v) is 10.5. The molecule has 0 bridgehead atoms. The van der Waals surface area contributed by atoms with Crippen molar-refractivity contribution < 1.29 is 9.47 Å². The van der Waals surface area contributed by atoms with Gasteiger partial charge in [0.1, 0.15) is 5.15 Å². The Bertz CT molecular complexity index is 1040. The summed E-state index contributed by atoms with van der Waals surface area (Å²) in [6.45, 7) is 6.54. The second-order valence-corrected chi connectivity index (χ2v) is 8.32. The van der Waals surface area contributed by atoms with Crippen molar-refractivity contribution in [2.24, 2.45) is 16.5 Å². The van der Waals surface area contributed by atoms with E-state index in [1.54, 1.807) is 19.4 Å². The van der Waals surface area contributed by atoms with Gasteiger partial charge in [-0.3, -0.25) is 4.99 Å². The summed E-state index contributed by atoms with van der Waals surface area (Å²) in [5, 5.41) is 0.407. The van der Waals surface area contributed by atoms with Gasteiger partial charge in [0.25, 0.3) is 0 Å². The predicted molar refractivity (Wildman–Crippen MR) is 134 cm³/mol. The fourth-order valence-electron chi connectivity index (χ4n) is 2.90. The molecule has 0 amide bonds. The Morgan fingerprint density at radius 1 is 1.25 bits per heavy atom. The molecule has 32 heavy (non-hydrogen) atoms. The van der Waals surface area contributed by atoms with E-state index in [2.05, 4.69) is 9.98 Å². The van der Waals surface area contributed by atoms with Crippen LogP contribution < -0.4 is 17.2 Å². The third-order valence-corrected chi connectivity index (χ3v) is 5.54. The Kier molecular flexibility index (Phi) is 8.69. The Hall–Kier alpha value is -3.03. The van der Waals surface area contributed by atoms with Gasteiger partial charge in [-0.25, -0.2) is 4.98 Å². The van der Waals surface area contributed by atoms with Crippen LogP contribution in [0.15, 0.2) is 41.3 Å². The van der Waals surface area contributed by atoms with Crippen molar-refractivity contribution in [1.82, 2.24) is 4.98 Å². The van der Waals surface area contributed by atoms with Crippen LogP contribution in [0.5, 0.6) is 0 Å². The van der Waals surface area contributed by atoms with E-state index in [1.807, 2.05) is 45.0 Å². The number of methoxy groups -OCH3 is 2. The fraction of sp³-hybridized carbons (Fsp3) is 0.333. The molecular weight excluding hydrogens is 426 g/mol. The van der Waals surface area contributed by atoms with Crippen molar-refractivity contribution in [2.75, 3.05) is 26.5 Å². The number of benzene rings is 1. The highest BCUT2D eigenvalue weighted by Crippen LogP contribution is 2.32. The van der Waals surface area contributed by atoms with E-state index in [0.29, 0.717) is 23.1 Å². The highest BCUT2D eigenvalue weighted by Gasteiger charge is 2.16. The summed E-state index contributed by atoms with van der Waals surface area (Å²) >= 11 is 6.35. The van der Waals surface area contributed by atoms with Crippen molar-refractivity contribution in [1.29, 1.82) is 0 Å². The highest BCUT2D eigenvalue weighted by atomic mass is 35.5. The molecule has 1 aromatic heterocycles. The zero-order valence-electron chi connectivity index (χ0n) is 19.3. The molecule has 0 saturated heterocycles. The molecule has 0 aliphatic carbocycles. The molecule has 0 spiro atoms. The monoisotopic (exact) mass is 457 g/mol. The van der Waals surface area contributed by atoms with Crippen LogP contribution >= 0.6 is 11.6 Å². The summed E-state index contributed by atoms with van der Waals surface area (Å²) < 4.78 is 10.4. The van der Waals surface area contributed by atoms with Gasteiger partial charge in [-0.2, -0.15) is 0 Å². The molecule has 7 nitrogen and oxygen atoms in total. The smallest absolute Gasteiger partial charge is 0.184 e. The first kappa shape index (κ1) is 25.2. The Balaban J connectivity index is 2.45. The Morgan fingerprint density at radius 2 is 1.97 bits per heavy atom. The second kappa shape index (κ2) is 11.0. The SMILES string of the molecule is CO/C(N)=C/c1ccc(-c2nc(Cl)c(C)cc2/C(C=NCCC(C)(C)OC)=C/N)cc1N. The van der Waals surface area contributed by atoms with Gasteiger partial charge in [-0.05, 0) is 44.9 Å². The lowest BCUT2D eigenvalue weighted by molar-refractivity contribution is 0.0178. The lowest BCUT2D eigenvalue weighted by atomic mass is 9.97. The number of aromatic nitrogens is 1. The molecule has 8 heteroatoms. The fourth-order valence-corrected chi connectivity index (χ4v) is 3.04. The minimum absolute atomic E-state index is 0.243. The lowest BCUT2D eigenvalue weighted by Crippen LogP contribution is -2.23. The molecule has 2 rings (SSSR count). The number of aryl methyl sites for hydroxylation is 1. The Morgan fingerprint density at radius 3 is 2.56 bits per heavy atom. The number of rotatable bonds is 9. The number of nitrogens with zero attached hydrogens (tertiary/aromatic N) is 2. The van der Waals surface area contributed by atoms with Crippen LogP contribution in [0.2, 0.25) is 5.15 Å². The highest BCUT2D eigenvalue weighted by molar-refractivity contribution is 6.30. The average molecular weight is 458 g/mol. The quantitative estimate of drug-likeness (QED) is 0.222. The van der Waals surface area contributed by atoms with E-state index in [9.17, 15) is 0 Å². The van der Waals surface area contributed by atoms with E-state index >= 15 is 0 Å². The van der Waals surface area contributed by atoms with Gasteiger partial charge in [0.2, 0.25) is 0 Å². The molecule has 0 unspecified atom stereocenters. The van der Waals surface area contributed by atoms with E-state index in [1.165, 1.54) is 13.3 Å². The van der Waals surface area contributed by atoms with Gasteiger partial charge in [-0.1, -0.05) is 23.7 Å². The number of nitrogen functional groups attached to an aromatic ring is 1. The summed E-state index contributed by atoms with van der Waals surface area (Å²) in [5.74, 6) is 0.267. The molecule has 0 saturated carbocycles. The summed E-state index contributed by atoms with van der Waals surface area (Å²) in [4.78, 5) is 9.15. The van der Waals surface area contributed by atoms with Crippen molar-refractivity contribution >= 4 is 35.2 Å². The zero-order valence-corrected chi connectivity index (χ0v) is 20.0. The van der Waals surface area contributed by atoms with Crippen LogP contribution in [-0.4, -0.2) is 37.6 Å². The number of hydrogen-bond acceptors (Lipinski definition) is 7. The van der Waals surface area contributed by atoms with Crippen LogP contribution in [0.4, 0.5) is 5.69 Å². The summed E-state index contributed by atoms with van der Waals surface area (Å²) in [6, 6.07) is 7.51. The number of hydrogen-bond donors (Lipinski definition) is 3. The van der Waals surface area contributed by atoms with Crippen LogP contribution in [0.25, 0.3) is 22.9 Å². The third kappa shape index (κ3) is 6.48. The first-order valence-electron chi connectivity index (χ1n) is 10.2. The maximum absolute atomic E-state index is 6.35. The molecule has 1 heterocycles. The van der Waals surface area contributed by atoms with Crippen molar-refractivity contribution in [3.05, 3.63) is 58.2 Å². The molecule has 2 aromatic rings. The minimum Gasteiger partial charge on any atom is -0.483 e. The second-order valence-electron chi connectivity index (χ2n) is 7.96. The van der Waals surface area contributed by atoms with Crippen molar-refractivity contribution in [3.63, 3.8) is 0 Å². The minimum atomic E-state index is -0.243. The summed E-state index contributed by atoms with van der Waals surface area (Å²) in [7, 11) is 3.19. The number of pyridine rings is 1. The third-order valence-electron chi connectivity index (χ3n) is 5.16. The topological polar surface area (TPSA) is 122 Å². The summed E-state index contributed by atoms with van der Waals surface area (Å²) in [5.41, 5.74) is 22.8. The van der Waals surface area contributed by atoms with Crippen LogP contribution in [-0.2, 0) is 9.47 Å². The van der Waals surface area contributed by atoms with E-state index in [4.69, 9.17) is 38.3 Å². The molecule has 0 aliphatic rings. The molecule has 6 N–H and O–H groups in total. The number of allylic oxidation sites excluding steroid dienone is 1.